The van der Waals surface area contributed by atoms with E-state index in [1.54, 1.807) is 0 Å². The van der Waals surface area contributed by atoms with Crippen molar-refractivity contribution in [3.05, 3.63) is 35.9 Å². The zero-order valence-electron chi connectivity index (χ0n) is 14.9. The lowest BCUT2D eigenvalue weighted by atomic mass is 9.86. The van der Waals surface area contributed by atoms with Crippen LogP contribution in [0.2, 0.25) is 0 Å². The molecule has 0 heterocycles. The summed E-state index contributed by atoms with van der Waals surface area (Å²) in [5.74, 6) is -0.554. The number of nitrogens with zero attached hydrogens (tertiary/aromatic N) is 1. The fraction of sp³-hybridized carbons (Fsp3) is 0.600. The predicted octanol–water partition coefficient (Wildman–Crippen LogP) is 3.61. The van der Waals surface area contributed by atoms with Crippen LogP contribution in [0.15, 0.2) is 30.3 Å². The lowest BCUT2D eigenvalue weighted by molar-refractivity contribution is -0.142. The second-order valence-electron chi connectivity index (χ2n) is 7.46. The highest BCUT2D eigenvalue weighted by Crippen LogP contribution is 2.37. The average molecular weight is 344 g/mol. The van der Waals surface area contributed by atoms with Crippen molar-refractivity contribution in [2.45, 2.75) is 62.9 Å². The summed E-state index contributed by atoms with van der Waals surface area (Å²) in [5, 5.41) is 12.2. The number of carboxylic acid groups (broad SMARTS) is 1. The zero-order chi connectivity index (χ0) is 17.8. The standard InChI is InChI=1S/C20H28N2O3/c1-22(18-9-5-8-17(18)14-6-3-2-4-7-14)20(25)21-16-12-10-15(11-13-16)19(23)24/h2-4,6-7,15-18H,5,8-13H2,1H3,(H,21,25)(H,23,24). The van der Waals surface area contributed by atoms with Crippen LogP contribution < -0.4 is 5.32 Å². The van der Waals surface area contributed by atoms with Crippen molar-refractivity contribution >= 4 is 12.0 Å². The first-order valence-electron chi connectivity index (χ1n) is 9.37. The molecule has 0 bridgehead atoms. The van der Waals surface area contributed by atoms with Crippen molar-refractivity contribution in [3.8, 4) is 0 Å². The quantitative estimate of drug-likeness (QED) is 0.877. The van der Waals surface area contributed by atoms with Gasteiger partial charge in [-0.15, -0.1) is 0 Å². The van der Waals surface area contributed by atoms with Gasteiger partial charge in [0, 0.05) is 25.0 Å². The summed E-state index contributed by atoms with van der Waals surface area (Å²) in [5.41, 5.74) is 1.31. The summed E-state index contributed by atoms with van der Waals surface area (Å²) < 4.78 is 0. The molecule has 2 aliphatic rings. The Bertz CT molecular complexity index is 596. The number of carbonyl (C=O) groups is 2. The fourth-order valence-corrected chi connectivity index (χ4v) is 4.40. The highest BCUT2D eigenvalue weighted by Gasteiger charge is 2.34. The Morgan fingerprint density at radius 3 is 2.36 bits per heavy atom. The summed E-state index contributed by atoms with van der Waals surface area (Å²) in [7, 11) is 1.89. The van der Waals surface area contributed by atoms with E-state index in [2.05, 4.69) is 29.6 Å². The van der Waals surface area contributed by atoms with Gasteiger partial charge in [-0.25, -0.2) is 4.79 Å². The number of carboxylic acids is 1. The van der Waals surface area contributed by atoms with Crippen LogP contribution >= 0.6 is 0 Å². The molecule has 136 valence electrons. The number of hydrogen-bond donors (Lipinski definition) is 2. The van der Waals surface area contributed by atoms with E-state index in [9.17, 15) is 9.59 Å². The van der Waals surface area contributed by atoms with E-state index in [4.69, 9.17) is 5.11 Å². The molecule has 2 aliphatic carbocycles. The van der Waals surface area contributed by atoms with Gasteiger partial charge in [0.15, 0.2) is 0 Å². The molecular weight excluding hydrogens is 316 g/mol. The Hall–Kier alpha value is -2.04. The van der Waals surface area contributed by atoms with Gasteiger partial charge >= 0.3 is 12.0 Å². The van der Waals surface area contributed by atoms with E-state index < -0.39 is 5.97 Å². The van der Waals surface area contributed by atoms with E-state index in [-0.39, 0.29) is 24.0 Å². The number of amides is 2. The molecule has 0 saturated heterocycles. The van der Waals surface area contributed by atoms with Crippen LogP contribution in [0.4, 0.5) is 4.79 Å². The van der Waals surface area contributed by atoms with Crippen LogP contribution in [0.5, 0.6) is 0 Å². The molecule has 1 aromatic carbocycles. The first kappa shape index (κ1) is 17.8. The molecular formula is C20H28N2O3. The Balaban J connectivity index is 1.56. The Kier molecular flexibility index (Phi) is 5.61. The summed E-state index contributed by atoms with van der Waals surface area (Å²) in [6.07, 6.45) is 6.11. The van der Waals surface area contributed by atoms with Crippen LogP contribution in [0.1, 0.15) is 56.4 Å². The molecule has 1 aromatic rings. The largest absolute Gasteiger partial charge is 0.481 e. The predicted molar refractivity (Wildman–Crippen MR) is 96.5 cm³/mol. The van der Waals surface area contributed by atoms with E-state index in [1.165, 1.54) is 5.56 Å². The molecule has 5 heteroatoms. The molecule has 2 N–H and O–H groups in total. The monoisotopic (exact) mass is 344 g/mol. The van der Waals surface area contributed by atoms with E-state index in [0.29, 0.717) is 18.8 Å². The third-order valence-corrected chi connectivity index (χ3v) is 5.93. The SMILES string of the molecule is CN(C(=O)NC1CCC(C(=O)O)CC1)C1CCCC1c1ccccc1. The van der Waals surface area contributed by atoms with Crippen molar-refractivity contribution in [2.24, 2.45) is 5.92 Å². The number of benzene rings is 1. The molecule has 2 unspecified atom stereocenters. The molecule has 2 amide bonds. The fourth-order valence-electron chi connectivity index (χ4n) is 4.40. The number of hydrogen-bond acceptors (Lipinski definition) is 2. The molecule has 0 aliphatic heterocycles. The van der Waals surface area contributed by atoms with Gasteiger partial charge in [0.25, 0.3) is 0 Å². The van der Waals surface area contributed by atoms with Crippen molar-refractivity contribution in [1.29, 1.82) is 0 Å². The molecule has 25 heavy (non-hydrogen) atoms. The minimum Gasteiger partial charge on any atom is -0.481 e. The normalized spacial score (nSPS) is 29.2. The number of aliphatic carboxylic acids is 1. The maximum absolute atomic E-state index is 12.7. The summed E-state index contributed by atoms with van der Waals surface area (Å²) >= 11 is 0. The first-order chi connectivity index (χ1) is 12.1. The first-order valence-corrected chi connectivity index (χ1v) is 9.37. The minimum atomic E-state index is -0.710. The van der Waals surface area contributed by atoms with Crippen molar-refractivity contribution in [3.63, 3.8) is 0 Å². The molecule has 5 nitrogen and oxygen atoms in total. The maximum atomic E-state index is 12.7. The molecule has 0 radical (unpaired) electrons. The number of rotatable bonds is 4. The number of likely N-dealkylation sites (N-methyl/N-ethyl adjacent to an activating group) is 1. The molecule has 2 fully saturated rings. The van der Waals surface area contributed by atoms with Crippen LogP contribution in [0.25, 0.3) is 0 Å². The maximum Gasteiger partial charge on any atom is 0.317 e. The average Bonchev–Trinajstić information content (AvgIpc) is 3.12. The van der Waals surface area contributed by atoms with Crippen molar-refractivity contribution in [2.75, 3.05) is 7.05 Å². The summed E-state index contributed by atoms with van der Waals surface area (Å²) in [6, 6.07) is 10.8. The van der Waals surface area contributed by atoms with Gasteiger partial charge in [-0.3, -0.25) is 4.79 Å². The van der Waals surface area contributed by atoms with Crippen LogP contribution in [0.3, 0.4) is 0 Å². The molecule has 0 aromatic heterocycles. The Morgan fingerprint density at radius 2 is 1.72 bits per heavy atom. The number of nitrogens with one attached hydrogen (secondary N) is 1. The van der Waals surface area contributed by atoms with E-state index >= 15 is 0 Å². The van der Waals surface area contributed by atoms with Gasteiger partial charge in [-0.1, -0.05) is 36.8 Å². The van der Waals surface area contributed by atoms with Crippen molar-refractivity contribution in [1.82, 2.24) is 10.2 Å². The molecule has 0 spiro atoms. The Labute approximate surface area is 149 Å². The van der Waals surface area contributed by atoms with Gasteiger partial charge in [-0.2, -0.15) is 0 Å². The second kappa shape index (κ2) is 7.89. The van der Waals surface area contributed by atoms with Gasteiger partial charge < -0.3 is 15.3 Å². The third-order valence-electron chi connectivity index (χ3n) is 5.93. The van der Waals surface area contributed by atoms with Gasteiger partial charge in [0.1, 0.15) is 0 Å². The topological polar surface area (TPSA) is 69.6 Å². The molecule has 3 rings (SSSR count). The van der Waals surface area contributed by atoms with Gasteiger partial charge in [-0.05, 0) is 44.1 Å². The smallest absolute Gasteiger partial charge is 0.317 e. The summed E-state index contributed by atoms with van der Waals surface area (Å²) in [6.45, 7) is 0. The van der Waals surface area contributed by atoms with Crippen LogP contribution in [0, 0.1) is 5.92 Å². The van der Waals surface area contributed by atoms with Gasteiger partial charge in [0.2, 0.25) is 0 Å². The lowest BCUT2D eigenvalue weighted by Crippen LogP contribution is -2.49. The summed E-state index contributed by atoms with van der Waals surface area (Å²) in [4.78, 5) is 25.6. The number of urea groups is 1. The van der Waals surface area contributed by atoms with E-state index in [0.717, 1.165) is 32.1 Å². The third kappa shape index (κ3) is 4.14. The lowest BCUT2D eigenvalue weighted by Gasteiger charge is -2.33. The minimum absolute atomic E-state index is 0.0217. The number of carbonyl (C=O) groups excluding carboxylic acids is 1. The molecule has 2 saturated carbocycles. The van der Waals surface area contributed by atoms with Gasteiger partial charge in [0.05, 0.1) is 5.92 Å². The Morgan fingerprint density at radius 1 is 1.04 bits per heavy atom. The van der Waals surface area contributed by atoms with E-state index in [1.807, 2.05) is 18.0 Å². The zero-order valence-corrected chi connectivity index (χ0v) is 14.9. The van der Waals surface area contributed by atoms with Crippen LogP contribution in [-0.2, 0) is 4.79 Å². The highest BCUT2D eigenvalue weighted by molar-refractivity contribution is 5.75. The molecule has 2 atom stereocenters. The second-order valence-corrected chi connectivity index (χ2v) is 7.46. The van der Waals surface area contributed by atoms with Crippen molar-refractivity contribution < 1.29 is 14.7 Å². The van der Waals surface area contributed by atoms with Crippen LogP contribution in [-0.4, -0.2) is 41.1 Å². The highest BCUT2D eigenvalue weighted by atomic mass is 16.4.